The maximum Gasteiger partial charge on any atom is 0.118 e. The fourth-order valence-electron chi connectivity index (χ4n) is 2.14. The molecule has 3 heteroatoms. The summed E-state index contributed by atoms with van der Waals surface area (Å²) < 4.78 is 10.3. The van der Waals surface area contributed by atoms with Crippen molar-refractivity contribution in [1.29, 1.82) is 0 Å². The highest BCUT2D eigenvalue weighted by Gasteiger charge is 2.06. The van der Waals surface area contributed by atoms with E-state index in [4.69, 9.17) is 9.47 Å². The summed E-state index contributed by atoms with van der Waals surface area (Å²) in [6, 6.07) is 16.6. The predicted octanol–water partition coefficient (Wildman–Crippen LogP) is 4.01. The molecule has 0 aliphatic rings. The zero-order valence-electron chi connectivity index (χ0n) is 12.2. The highest BCUT2D eigenvalue weighted by molar-refractivity contribution is 5.47. The Kier molecular flexibility index (Phi) is 5.02. The summed E-state index contributed by atoms with van der Waals surface area (Å²) in [5, 5.41) is 3.50. The fraction of sp³-hybridized carbons (Fsp3) is 0.294. The molecule has 1 atom stereocenters. The summed E-state index contributed by atoms with van der Waals surface area (Å²) in [4.78, 5) is 0. The van der Waals surface area contributed by atoms with Gasteiger partial charge in [0.05, 0.1) is 13.7 Å². The van der Waals surface area contributed by atoms with Crippen LogP contribution >= 0.6 is 0 Å². The first-order valence-electron chi connectivity index (χ1n) is 6.71. The Morgan fingerprint density at radius 3 is 2.45 bits per heavy atom. The number of nitrogens with one attached hydrogen (secondary N) is 1. The highest BCUT2D eigenvalue weighted by Crippen LogP contribution is 2.22. The van der Waals surface area contributed by atoms with Crippen molar-refractivity contribution >= 4 is 5.69 Å². The standard InChI is InChI=1S/C17H21NO2/c1-13(15-7-9-17(20-3)10-8-15)18-16-6-4-5-14(11-16)12-19-2/h4-11,13,18H,12H2,1-3H3. The summed E-state index contributed by atoms with van der Waals surface area (Å²) in [6.45, 7) is 2.78. The van der Waals surface area contributed by atoms with Crippen molar-refractivity contribution in [1.82, 2.24) is 0 Å². The number of hydrogen-bond acceptors (Lipinski definition) is 3. The molecular weight excluding hydrogens is 250 g/mol. The third kappa shape index (κ3) is 3.75. The molecular formula is C17H21NO2. The minimum Gasteiger partial charge on any atom is -0.497 e. The van der Waals surface area contributed by atoms with E-state index in [1.807, 2.05) is 18.2 Å². The van der Waals surface area contributed by atoms with Gasteiger partial charge in [-0.15, -0.1) is 0 Å². The molecule has 0 aliphatic heterocycles. The van der Waals surface area contributed by atoms with E-state index in [0.717, 1.165) is 11.4 Å². The van der Waals surface area contributed by atoms with Gasteiger partial charge in [0.25, 0.3) is 0 Å². The second-order valence-corrected chi connectivity index (χ2v) is 4.77. The molecule has 0 amide bonds. The van der Waals surface area contributed by atoms with Gasteiger partial charge in [-0.2, -0.15) is 0 Å². The largest absolute Gasteiger partial charge is 0.497 e. The molecule has 2 rings (SSSR count). The topological polar surface area (TPSA) is 30.5 Å². The number of ether oxygens (including phenoxy) is 2. The summed E-state index contributed by atoms with van der Waals surface area (Å²) in [5.74, 6) is 0.878. The molecule has 1 N–H and O–H groups in total. The highest BCUT2D eigenvalue weighted by atomic mass is 16.5. The van der Waals surface area contributed by atoms with Crippen molar-refractivity contribution in [2.24, 2.45) is 0 Å². The van der Waals surface area contributed by atoms with Gasteiger partial charge in [-0.25, -0.2) is 0 Å². The van der Waals surface area contributed by atoms with Gasteiger partial charge in [0.1, 0.15) is 5.75 Å². The lowest BCUT2D eigenvalue weighted by atomic mass is 10.1. The molecule has 0 aliphatic carbocycles. The van der Waals surface area contributed by atoms with Gasteiger partial charge >= 0.3 is 0 Å². The van der Waals surface area contributed by atoms with Gasteiger partial charge < -0.3 is 14.8 Å². The van der Waals surface area contributed by atoms with Crippen LogP contribution in [0.25, 0.3) is 0 Å². The van der Waals surface area contributed by atoms with Crippen LogP contribution in [0, 0.1) is 0 Å². The van der Waals surface area contributed by atoms with E-state index < -0.39 is 0 Å². The van der Waals surface area contributed by atoms with E-state index >= 15 is 0 Å². The van der Waals surface area contributed by atoms with Crippen molar-refractivity contribution in [3.05, 3.63) is 59.7 Å². The number of anilines is 1. The van der Waals surface area contributed by atoms with Crippen LogP contribution < -0.4 is 10.1 Å². The van der Waals surface area contributed by atoms with E-state index in [-0.39, 0.29) is 6.04 Å². The molecule has 0 bridgehead atoms. The lowest BCUT2D eigenvalue weighted by Crippen LogP contribution is -2.06. The van der Waals surface area contributed by atoms with Gasteiger partial charge in [-0.05, 0) is 42.3 Å². The smallest absolute Gasteiger partial charge is 0.118 e. The summed E-state index contributed by atoms with van der Waals surface area (Å²) in [5.41, 5.74) is 3.49. The van der Waals surface area contributed by atoms with Crippen LogP contribution in [0.5, 0.6) is 5.75 Å². The molecule has 2 aromatic rings. The molecule has 0 fully saturated rings. The van der Waals surface area contributed by atoms with Crippen LogP contribution in [0.3, 0.4) is 0 Å². The average Bonchev–Trinajstić information content (AvgIpc) is 2.48. The summed E-state index contributed by atoms with van der Waals surface area (Å²) in [6.07, 6.45) is 0. The Morgan fingerprint density at radius 1 is 1.05 bits per heavy atom. The quantitative estimate of drug-likeness (QED) is 0.861. The van der Waals surface area contributed by atoms with E-state index in [9.17, 15) is 0 Å². The monoisotopic (exact) mass is 271 g/mol. The van der Waals surface area contributed by atoms with Gasteiger partial charge in [0, 0.05) is 18.8 Å². The van der Waals surface area contributed by atoms with Crippen LogP contribution in [0.4, 0.5) is 5.69 Å². The van der Waals surface area contributed by atoms with Crippen molar-refractivity contribution < 1.29 is 9.47 Å². The second kappa shape index (κ2) is 6.96. The van der Waals surface area contributed by atoms with Gasteiger partial charge in [-0.3, -0.25) is 0 Å². The van der Waals surface area contributed by atoms with Crippen molar-refractivity contribution in [2.45, 2.75) is 19.6 Å². The van der Waals surface area contributed by atoms with Crippen molar-refractivity contribution in [3.8, 4) is 5.75 Å². The minimum absolute atomic E-state index is 0.235. The first-order chi connectivity index (χ1) is 9.72. The van der Waals surface area contributed by atoms with Crippen LogP contribution in [-0.2, 0) is 11.3 Å². The third-order valence-electron chi connectivity index (χ3n) is 3.24. The van der Waals surface area contributed by atoms with Crippen molar-refractivity contribution in [2.75, 3.05) is 19.5 Å². The Morgan fingerprint density at radius 2 is 1.80 bits per heavy atom. The minimum atomic E-state index is 0.235. The Balaban J connectivity index is 2.06. The first kappa shape index (κ1) is 14.4. The molecule has 3 nitrogen and oxygen atoms in total. The Hall–Kier alpha value is -2.00. The molecule has 0 saturated carbocycles. The molecule has 0 heterocycles. The summed E-state index contributed by atoms with van der Waals surface area (Å²) in [7, 11) is 3.39. The lowest BCUT2D eigenvalue weighted by molar-refractivity contribution is 0.185. The van der Waals surface area contributed by atoms with Gasteiger partial charge in [0.15, 0.2) is 0 Å². The van der Waals surface area contributed by atoms with Gasteiger partial charge in [-0.1, -0.05) is 24.3 Å². The lowest BCUT2D eigenvalue weighted by Gasteiger charge is -2.16. The van der Waals surface area contributed by atoms with E-state index in [1.165, 1.54) is 11.1 Å². The van der Waals surface area contributed by atoms with E-state index in [1.54, 1.807) is 14.2 Å². The predicted molar refractivity (Wildman–Crippen MR) is 82.2 cm³/mol. The Bertz CT molecular complexity index is 537. The summed E-state index contributed by atoms with van der Waals surface area (Å²) >= 11 is 0. The maximum atomic E-state index is 5.18. The molecule has 2 aromatic carbocycles. The molecule has 106 valence electrons. The fourth-order valence-corrected chi connectivity index (χ4v) is 2.14. The molecule has 0 spiro atoms. The molecule has 1 unspecified atom stereocenters. The molecule has 20 heavy (non-hydrogen) atoms. The maximum absolute atomic E-state index is 5.18. The molecule has 0 radical (unpaired) electrons. The second-order valence-electron chi connectivity index (χ2n) is 4.77. The zero-order chi connectivity index (χ0) is 14.4. The zero-order valence-corrected chi connectivity index (χ0v) is 12.2. The SMILES string of the molecule is COCc1cccc(NC(C)c2ccc(OC)cc2)c1. The number of benzene rings is 2. The van der Waals surface area contributed by atoms with E-state index in [0.29, 0.717) is 6.61 Å². The number of hydrogen-bond donors (Lipinski definition) is 1. The van der Waals surface area contributed by atoms with Crippen LogP contribution in [-0.4, -0.2) is 14.2 Å². The average molecular weight is 271 g/mol. The molecule has 0 saturated heterocycles. The third-order valence-corrected chi connectivity index (χ3v) is 3.24. The normalized spacial score (nSPS) is 11.9. The van der Waals surface area contributed by atoms with Crippen LogP contribution in [0.2, 0.25) is 0 Å². The first-order valence-corrected chi connectivity index (χ1v) is 6.71. The van der Waals surface area contributed by atoms with E-state index in [2.05, 4.69) is 42.6 Å². The molecule has 0 aromatic heterocycles. The van der Waals surface area contributed by atoms with Crippen LogP contribution in [0.15, 0.2) is 48.5 Å². The van der Waals surface area contributed by atoms with Crippen molar-refractivity contribution in [3.63, 3.8) is 0 Å². The van der Waals surface area contributed by atoms with Crippen LogP contribution in [0.1, 0.15) is 24.1 Å². The van der Waals surface area contributed by atoms with Gasteiger partial charge in [0.2, 0.25) is 0 Å². The Labute approximate surface area is 120 Å². The number of methoxy groups -OCH3 is 2. The number of rotatable bonds is 6.